The predicted octanol–water partition coefficient (Wildman–Crippen LogP) is 3.37. The van der Waals surface area contributed by atoms with Crippen molar-refractivity contribution in [2.24, 2.45) is 0 Å². The first-order valence-electron chi connectivity index (χ1n) is 8.95. The number of amides is 1. The van der Waals surface area contributed by atoms with Gasteiger partial charge in [-0.3, -0.25) is 9.10 Å². The standard InChI is InChI=1S/C20H21ClN4O4S/c1-13-11-15(7-10-17(13)25(3)30(4,27)28)20(26)24(2)12-18-22-19(23-29-18)14-5-8-16(21)9-6-14/h5-11H,12H2,1-4H3. The average Bonchev–Trinajstić information content (AvgIpc) is 3.15. The maximum Gasteiger partial charge on any atom is 0.254 e. The monoisotopic (exact) mass is 448 g/mol. The van der Waals surface area contributed by atoms with E-state index >= 15 is 0 Å². The number of anilines is 1. The summed E-state index contributed by atoms with van der Waals surface area (Å²) >= 11 is 5.89. The Morgan fingerprint density at radius 2 is 1.80 bits per heavy atom. The molecule has 3 rings (SSSR count). The van der Waals surface area contributed by atoms with Crippen LogP contribution in [0.5, 0.6) is 0 Å². The molecule has 0 saturated heterocycles. The van der Waals surface area contributed by atoms with Crippen LogP contribution in [0.25, 0.3) is 11.4 Å². The van der Waals surface area contributed by atoms with Gasteiger partial charge in [0.25, 0.3) is 5.91 Å². The Kier molecular flexibility index (Phi) is 6.14. The summed E-state index contributed by atoms with van der Waals surface area (Å²) in [4.78, 5) is 18.6. The van der Waals surface area contributed by atoms with Gasteiger partial charge in [0.15, 0.2) is 0 Å². The highest BCUT2D eigenvalue weighted by Crippen LogP contribution is 2.23. The molecule has 30 heavy (non-hydrogen) atoms. The number of sulfonamides is 1. The Morgan fingerprint density at radius 1 is 1.13 bits per heavy atom. The molecule has 0 aliphatic heterocycles. The van der Waals surface area contributed by atoms with E-state index in [-0.39, 0.29) is 12.5 Å². The van der Waals surface area contributed by atoms with Gasteiger partial charge < -0.3 is 9.42 Å². The van der Waals surface area contributed by atoms with E-state index in [9.17, 15) is 13.2 Å². The number of hydrogen-bond acceptors (Lipinski definition) is 6. The number of nitrogens with zero attached hydrogens (tertiary/aromatic N) is 4. The fraction of sp³-hybridized carbons (Fsp3) is 0.250. The molecule has 0 aliphatic carbocycles. The van der Waals surface area contributed by atoms with Gasteiger partial charge >= 0.3 is 0 Å². The molecule has 0 radical (unpaired) electrons. The van der Waals surface area contributed by atoms with Crippen LogP contribution in [-0.2, 0) is 16.6 Å². The van der Waals surface area contributed by atoms with E-state index in [4.69, 9.17) is 16.1 Å². The minimum absolute atomic E-state index is 0.128. The number of aromatic nitrogens is 2. The summed E-state index contributed by atoms with van der Waals surface area (Å²) in [5.74, 6) is 0.449. The van der Waals surface area contributed by atoms with Crippen LogP contribution >= 0.6 is 11.6 Å². The lowest BCUT2D eigenvalue weighted by Crippen LogP contribution is -2.27. The van der Waals surface area contributed by atoms with Crippen molar-refractivity contribution in [2.45, 2.75) is 13.5 Å². The Balaban J connectivity index is 1.73. The molecule has 1 amide bonds. The van der Waals surface area contributed by atoms with E-state index in [1.807, 2.05) is 0 Å². The first-order valence-corrected chi connectivity index (χ1v) is 11.2. The van der Waals surface area contributed by atoms with Crippen molar-refractivity contribution < 1.29 is 17.7 Å². The number of carbonyl (C=O) groups is 1. The third-order valence-corrected chi connectivity index (χ3v) is 6.01. The summed E-state index contributed by atoms with van der Waals surface area (Å²) in [7, 11) is -0.292. The maximum atomic E-state index is 12.8. The minimum atomic E-state index is -3.39. The Bertz CT molecular complexity index is 1180. The molecule has 0 spiro atoms. The topological polar surface area (TPSA) is 96.6 Å². The Labute approximate surface area is 180 Å². The zero-order valence-corrected chi connectivity index (χ0v) is 18.5. The Hall–Kier alpha value is -2.91. The van der Waals surface area contributed by atoms with Gasteiger partial charge in [-0.05, 0) is 55.0 Å². The molecule has 0 bridgehead atoms. The van der Waals surface area contributed by atoms with E-state index in [2.05, 4.69) is 10.1 Å². The van der Waals surface area contributed by atoms with Crippen LogP contribution in [0.4, 0.5) is 5.69 Å². The SMILES string of the molecule is Cc1cc(C(=O)N(C)Cc2nc(-c3ccc(Cl)cc3)no2)ccc1N(C)S(C)(=O)=O. The van der Waals surface area contributed by atoms with Crippen LogP contribution in [0.1, 0.15) is 21.8 Å². The fourth-order valence-corrected chi connectivity index (χ4v) is 3.54. The molecule has 10 heteroatoms. The molecule has 0 fully saturated rings. The molecule has 0 atom stereocenters. The largest absolute Gasteiger partial charge is 0.337 e. The lowest BCUT2D eigenvalue weighted by atomic mass is 10.1. The molecule has 8 nitrogen and oxygen atoms in total. The van der Waals surface area contributed by atoms with Crippen LogP contribution < -0.4 is 4.31 Å². The van der Waals surface area contributed by atoms with Crippen molar-refractivity contribution in [1.29, 1.82) is 0 Å². The molecule has 1 heterocycles. The predicted molar refractivity (Wildman–Crippen MR) is 115 cm³/mol. The highest BCUT2D eigenvalue weighted by atomic mass is 35.5. The highest BCUT2D eigenvalue weighted by molar-refractivity contribution is 7.92. The van der Waals surface area contributed by atoms with Gasteiger partial charge in [0.05, 0.1) is 18.5 Å². The number of halogens is 1. The number of benzene rings is 2. The van der Waals surface area contributed by atoms with E-state index in [0.29, 0.717) is 33.6 Å². The van der Waals surface area contributed by atoms with E-state index in [1.54, 1.807) is 56.4 Å². The van der Waals surface area contributed by atoms with E-state index in [1.165, 1.54) is 16.3 Å². The van der Waals surface area contributed by atoms with Crippen molar-refractivity contribution in [2.75, 3.05) is 24.7 Å². The maximum absolute atomic E-state index is 12.8. The van der Waals surface area contributed by atoms with Crippen LogP contribution in [0.15, 0.2) is 47.0 Å². The number of hydrogen-bond donors (Lipinski definition) is 0. The van der Waals surface area contributed by atoms with Crippen LogP contribution in [-0.4, -0.2) is 49.7 Å². The summed E-state index contributed by atoms with van der Waals surface area (Å²) in [6.45, 7) is 1.88. The van der Waals surface area contributed by atoms with Gasteiger partial charge in [0.2, 0.25) is 21.7 Å². The summed E-state index contributed by atoms with van der Waals surface area (Å²) < 4.78 is 29.9. The van der Waals surface area contributed by atoms with Crippen molar-refractivity contribution in [1.82, 2.24) is 15.0 Å². The molecule has 3 aromatic rings. The third kappa shape index (κ3) is 4.80. The number of carbonyl (C=O) groups excluding carboxylic acids is 1. The van der Waals surface area contributed by atoms with Gasteiger partial charge in [0.1, 0.15) is 0 Å². The quantitative estimate of drug-likeness (QED) is 0.573. The first kappa shape index (κ1) is 21.8. The second-order valence-electron chi connectivity index (χ2n) is 6.91. The van der Waals surface area contributed by atoms with Gasteiger partial charge in [-0.1, -0.05) is 16.8 Å². The summed E-state index contributed by atoms with van der Waals surface area (Å²) in [5.41, 5.74) is 2.37. The van der Waals surface area contributed by atoms with Gasteiger partial charge in [-0.25, -0.2) is 8.42 Å². The molecule has 0 N–H and O–H groups in total. The minimum Gasteiger partial charge on any atom is -0.337 e. The summed E-state index contributed by atoms with van der Waals surface area (Å²) in [6.07, 6.45) is 1.13. The van der Waals surface area contributed by atoms with Gasteiger partial charge in [-0.15, -0.1) is 0 Å². The normalized spacial score (nSPS) is 11.4. The van der Waals surface area contributed by atoms with Crippen LogP contribution in [0.2, 0.25) is 5.02 Å². The zero-order chi connectivity index (χ0) is 22.1. The number of rotatable bonds is 6. The lowest BCUT2D eigenvalue weighted by molar-refractivity contribution is 0.0769. The average molecular weight is 449 g/mol. The van der Waals surface area contributed by atoms with Crippen molar-refractivity contribution in [3.8, 4) is 11.4 Å². The second kappa shape index (κ2) is 8.45. The molecule has 0 unspecified atom stereocenters. The summed E-state index contributed by atoms with van der Waals surface area (Å²) in [5, 5.41) is 4.55. The smallest absolute Gasteiger partial charge is 0.254 e. The molecular weight excluding hydrogens is 428 g/mol. The van der Waals surface area contributed by atoms with Crippen molar-refractivity contribution in [3.63, 3.8) is 0 Å². The molecule has 1 aromatic heterocycles. The lowest BCUT2D eigenvalue weighted by Gasteiger charge is -2.20. The second-order valence-corrected chi connectivity index (χ2v) is 9.36. The van der Waals surface area contributed by atoms with E-state index in [0.717, 1.165) is 11.8 Å². The van der Waals surface area contributed by atoms with Gasteiger partial charge in [0, 0.05) is 30.2 Å². The van der Waals surface area contributed by atoms with E-state index < -0.39 is 10.0 Å². The molecule has 0 aliphatic rings. The Morgan fingerprint density at radius 3 is 2.40 bits per heavy atom. The van der Waals surface area contributed by atoms with Crippen LogP contribution in [0, 0.1) is 6.92 Å². The molecular formula is C20H21ClN4O4S. The van der Waals surface area contributed by atoms with Crippen molar-refractivity contribution >= 4 is 33.2 Å². The first-order chi connectivity index (χ1) is 14.1. The summed E-state index contributed by atoms with van der Waals surface area (Å²) in [6, 6.07) is 11.9. The van der Waals surface area contributed by atoms with Gasteiger partial charge in [-0.2, -0.15) is 4.98 Å². The molecule has 0 saturated carbocycles. The zero-order valence-electron chi connectivity index (χ0n) is 17.0. The molecule has 2 aromatic carbocycles. The third-order valence-electron chi connectivity index (χ3n) is 4.57. The highest BCUT2D eigenvalue weighted by Gasteiger charge is 2.19. The van der Waals surface area contributed by atoms with Crippen molar-refractivity contribution in [3.05, 3.63) is 64.5 Å². The number of aryl methyl sites for hydroxylation is 1. The molecule has 158 valence electrons. The fourth-order valence-electron chi connectivity index (χ4n) is 2.85. The van der Waals surface area contributed by atoms with Crippen LogP contribution in [0.3, 0.4) is 0 Å².